The zero-order valence-electron chi connectivity index (χ0n) is 22.2. The lowest BCUT2D eigenvalue weighted by atomic mass is 10.1. The summed E-state index contributed by atoms with van der Waals surface area (Å²) in [5, 5.41) is 12.0. The fraction of sp³-hybridized carbons (Fsp3) is 0.214. The summed E-state index contributed by atoms with van der Waals surface area (Å²) in [6.45, 7) is 0. The minimum absolute atomic E-state index is 0.0593. The second-order valence-electron chi connectivity index (χ2n) is 9.08. The molecule has 3 aromatic rings. The van der Waals surface area contributed by atoms with E-state index < -0.39 is 70.6 Å². The summed E-state index contributed by atoms with van der Waals surface area (Å²) in [5.41, 5.74) is -3.23. The first-order valence-corrected chi connectivity index (χ1v) is 12.0. The number of carboxylic acids is 1. The molecule has 3 aromatic carbocycles. The maximum absolute atomic E-state index is 13.2. The second-order valence-corrected chi connectivity index (χ2v) is 9.08. The van der Waals surface area contributed by atoms with Crippen molar-refractivity contribution in [3.8, 4) is 0 Å². The molecule has 0 aliphatic rings. The third-order valence-corrected chi connectivity index (χ3v) is 5.75. The average molecular weight is 612 g/mol. The van der Waals surface area contributed by atoms with Crippen molar-refractivity contribution in [2.24, 2.45) is 0 Å². The van der Waals surface area contributed by atoms with Crippen LogP contribution in [0.4, 0.5) is 37.7 Å². The lowest BCUT2D eigenvalue weighted by molar-refractivity contribution is -0.157. The normalized spacial score (nSPS) is 12.9. The number of halogens is 6. The van der Waals surface area contributed by atoms with Gasteiger partial charge in [-0.1, -0.05) is 12.1 Å². The number of alkyl halides is 6. The number of amides is 1. The quantitative estimate of drug-likeness (QED) is 0.248. The number of anilines is 2. The highest BCUT2D eigenvalue weighted by Crippen LogP contribution is 2.31. The minimum Gasteiger partial charge on any atom is -0.478 e. The number of nitrogens with zero attached hydrogens (tertiary/aromatic N) is 1. The molecule has 0 saturated heterocycles. The third-order valence-electron chi connectivity index (χ3n) is 5.75. The Labute approximate surface area is 239 Å². The van der Waals surface area contributed by atoms with Gasteiger partial charge in [0, 0.05) is 25.5 Å². The van der Waals surface area contributed by atoms with Gasteiger partial charge in [0.2, 0.25) is 12.2 Å². The first kappa shape index (κ1) is 32.4. The molecular formula is C28H22F6N2O7. The van der Waals surface area contributed by atoms with E-state index in [1.807, 2.05) is 0 Å². The van der Waals surface area contributed by atoms with E-state index in [4.69, 9.17) is 9.47 Å². The van der Waals surface area contributed by atoms with Gasteiger partial charge in [0.1, 0.15) is 0 Å². The smallest absolute Gasteiger partial charge is 0.416 e. The van der Waals surface area contributed by atoms with E-state index in [1.54, 1.807) is 31.1 Å². The van der Waals surface area contributed by atoms with Crippen molar-refractivity contribution in [3.63, 3.8) is 0 Å². The summed E-state index contributed by atoms with van der Waals surface area (Å²) < 4.78 is 88.6. The summed E-state index contributed by atoms with van der Waals surface area (Å²) in [6.07, 6.45) is -14.9. The molecule has 0 heterocycles. The Morgan fingerprint density at radius 2 is 1.16 bits per heavy atom. The molecule has 1 amide bonds. The number of esters is 2. The summed E-state index contributed by atoms with van der Waals surface area (Å²) >= 11 is 0. The molecular weight excluding hydrogens is 590 g/mol. The predicted molar refractivity (Wildman–Crippen MR) is 138 cm³/mol. The Balaban J connectivity index is 1.97. The van der Waals surface area contributed by atoms with Crippen molar-refractivity contribution in [3.05, 3.63) is 95.1 Å². The second kappa shape index (κ2) is 12.8. The monoisotopic (exact) mass is 612 g/mol. The van der Waals surface area contributed by atoms with Crippen LogP contribution in [0.3, 0.4) is 0 Å². The lowest BCUT2D eigenvalue weighted by Gasteiger charge is -2.24. The minimum atomic E-state index is -4.87. The number of ether oxygens (including phenoxy) is 2. The molecule has 2 atom stereocenters. The van der Waals surface area contributed by atoms with E-state index in [-0.39, 0.29) is 5.69 Å². The number of rotatable bonds is 9. The molecule has 228 valence electrons. The van der Waals surface area contributed by atoms with Crippen molar-refractivity contribution < 1.29 is 60.1 Å². The first-order valence-electron chi connectivity index (χ1n) is 12.0. The third kappa shape index (κ3) is 8.47. The first-order chi connectivity index (χ1) is 20.0. The zero-order chi connectivity index (χ0) is 32.1. The number of carbonyl (C=O) groups excluding carboxylic acids is 3. The Morgan fingerprint density at radius 3 is 1.56 bits per heavy atom. The molecule has 0 aliphatic heterocycles. The van der Waals surface area contributed by atoms with Crippen molar-refractivity contribution in [1.82, 2.24) is 0 Å². The highest BCUT2D eigenvalue weighted by molar-refractivity contribution is 6.01. The van der Waals surface area contributed by atoms with E-state index in [1.165, 1.54) is 12.1 Å². The number of carbonyl (C=O) groups is 4. The highest BCUT2D eigenvalue weighted by Gasteiger charge is 2.42. The van der Waals surface area contributed by atoms with E-state index >= 15 is 0 Å². The molecule has 2 N–H and O–H groups in total. The molecule has 0 radical (unpaired) electrons. The fourth-order valence-corrected chi connectivity index (χ4v) is 3.56. The maximum atomic E-state index is 13.2. The van der Waals surface area contributed by atoms with Crippen LogP contribution in [0, 0.1) is 0 Å². The van der Waals surface area contributed by atoms with E-state index in [9.17, 15) is 50.6 Å². The van der Waals surface area contributed by atoms with E-state index in [2.05, 4.69) is 5.32 Å². The summed E-state index contributed by atoms with van der Waals surface area (Å²) in [4.78, 5) is 52.5. The Morgan fingerprint density at radius 1 is 0.721 bits per heavy atom. The summed E-state index contributed by atoms with van der Waals surface area (Å²) in [6, 6.07) is 11.4. The molecule has 0 unspecified atom stereocenters. The maximum Gasteiger partial charge on any atom is 0.416 e. The van der Waals surface area contributed by atoms with Crippen molar-refractivity contribution in [2.75, 3.05) is 24.3 Å². The van der Waals surface area contributed by atoms with Crippen LogP contribution in [0.2, 0.25) is 0 Å². The lowest BCUT2D eigenvalue weighted by Crippen LogP contribution is -2.48. The zero-order valence-corrected chi connectivity index (χ0v) is 22.2. The Hall–Kier alpha value is -5.08. The van der Waals surface area contributed by atoms with Crippen LogP contribution in [0.25, 0.3) is 0 Å². The molecule has 0 aromatic heterocycles. The number of aliphatic carboxylic acids is 1. The molecule has 0 aliphatic carbocycles. The Kier molecular flexibility index (Phi) is 9.68. The number of benzene rings is 3. The van der Waals surface area contributed by atoms with E-state index in [0.717, 1.165) is 24.3 Å². The largest absolute Gasteiger partial charge is 0.478 e. The summed E-state index contributed by atoms with van der Waals surface area (Å²) in [5.74, 6) is -6.64. The van der Waals surface area contributed by atoms with Crippen LogP contribution in [-0.2, 0) is 31.4 Å². The molecule has 0 spiro atoms. The topological polar surface area (TPSA) is 122 Å². The van der Waals surface area contributed by atoms with Crippen LogP contribution in [0.1, 0.15) is 31.8 Å². The molecule has 0 fully saturated rings. The number of nitrogens with one attached hydrogen (secondary N) is 1. The number of carboxylic acid groups (broad SMARTS) is 1. The fourth-order valence-electron chi connectivity index (χ4n) is 3.56. The van der Waals surface area contributed by atoms with Gasteiger partial charge in [0.25, 0.3) is 5.91 Å². The van der Waals surface area contributed by atoms with Crippen LogP contribution in [0.5, 0.6) is 0 Å². The molecule has 9 nitrogen and oxygen atoms in total. The van der Waals surface area contributed by atoms with Gasteiger partial charge in [0.15, 0.2) is 0 Å². The molecule has 15 heteroatoms. The molecule has 43 heavy (non-hydrogen) atoms. The van der Waals surface area contributed by atoms with E-state index in [0.29, 0.717) is 30.0 Å². The van der Waals surface area contributed by atoms with Gasteiger partial charge in [-0.2, -0.15) is 26.3 Å². The van der Waals surface area contributed by atoms with Gasteiger partial charge >= 0.3 is 30.3 Å². The standard InChI is InChI=1S/C28H22F6N2O7/c1-36(2)20-11-9-19(10-12-20)35-23(37)21(42-25(40)15-5-3-7-17(13-15)27(29,30)31)22(24(38)39)43-26(41)16-6-4-8-18(14-16)28(32,33)34/h3-14,21-22H,1-2H3,(H,35,37)(H,38,39)/t21-,22-/m0/s1. The van der Waals surface area contributed by atoms with Gasteiger partial charge in [-0.3, -0.25) is 4.79 Å². The van der Waals surface area contributed by atoms with Gasteiger partial charge in [-0.15, -0.1) is 0 Å². The SMILES string of the molecule is CN(C)c1ccc(NC(=O)[C@@H](OC(=O)c2cccc(C(F)(F)F)c2)[C@H](OC(=O)c2cccc(C(F)(F)F)c2)C(=O)O)cc1. The highest BCUT2D eigenvalue weighted by atomic mass is 19.4. The molecule has 3 rings (SSSR count). The van der Waals surface area contributed by atoms with Crippen LogP contribution in [0.15, 0.2) is 72.8 Å². The number of hydrogen-bond donors (Lipinski definition) is 2. The van der Waals surface area contributed by atoms with Gasteiger partial charge in [0.05, 0.1) is 22.3 Å². The van der Waals surface area contributed by atoms with Crippen molar-refractivity contribution in [2.45, 2.75) is 24.6 Å². The van der Waals surface area contributed by atoms with Crippen LogP contribution in [-0.4, -0.2) is 55.2 Å². The average Bonchev–Trinajstić information content (AvgIpc) is 2.94. The molecule has 0 bridgehead atoms. The predicted octanol–water partition coefficient (Wildman–Crippen LogP) is 5.26. The van der Waals surface area contributed by atoms with Crippen LogP contribution < -0.4 is 10.2 Å². The summed E-state index contributed by atoms with van der Waals surface area (Å²) in [7, 11) is 3.46. The van der Waals surface area contributed by atoms with Gasteiger partial charge < -0.3 is 24.8 Å². The number of hydrogen-bond acceptors (Lipinski definition) is 7. The van der Waals surface area contributed by atoms with Crippen LogP contribution >= 0.6 is 0 Å². The van der Waals surface area contributed by atoms with Gasteiger partial charge in [-0.05, 0) is 60.7 Å². The Bertz CT molecular complexity index is 1500. The van der Waals surface area contributed by atoms with Gasteiger partial charge in [-0.25, -0.2) is 14.4 Å². The van der Waals surface area contributed by atoms with Crippen molar-refractivity contribution >= 4 is 35.2 Å². The molecule has 0 saturated carbocycles. The van der Waals surface area contributed by atoms with Crippen molar-refractivity contribution in [1.29, 1.82) is 0 Å².